The van der Waals surface area contributed by atoms with Gasteiger partial charge in [-0.05, 0) is 75.2 Å². The Morgan fingerprint density at radius 1 is 0.977 bits per heavy atom. The van der Waals surface area contributed by atoms with E-state index in [1.54, 1.807) is 58.0 Å². The Balaban J connectivity index is 2.14. The van der Waals surface area contributed by atoms with Crippen LogP contribution in [0, 0.1) is 0 Å². The number of amides is 2. The van der Waals surface area contributed by atoms with Crippen LogP contribution in [0.15, 0.2) is 77.7 Å². The molecule has 0 aliphatic rings. The van der Waals surface area contributed by atoms with E-state index in [2.05, 4.69) is 5.32 Å². The van der Waals surface area contributed by atoms with Gasteiger partial charge >= 0.3 is 6.18 Å². The number of hydrogen-bond acceptors (Lipinski definition) is 5. The second kappa shape index (κ2) is 13.9. The molecule has 1 atom stereocenters. The molecular formula is C31H35ClF3N3O5S. The molecule has 0 saturated carbocycles. The number of hydrogen-bond donors (Lipinski definition) is 1. The zero-order valence-corrected chi connectivity index (χ0v) is 26.6. The van der Waals surface area contributed by atoms with Crippen LogP contribution in [0.1, 0.15) is 45.2 Å². The SMILES string of the molecule is CC[C@H](C(=O)NC(C)(C)C)N(Cc1ccc(OC)cc1)C(=O)CN(c1ccc(Cl)c(C(F)(F)F)c1)S(=O)(=O)c1ccccc1. The molecule has 0 bridgehead atoms. The highest BCUT2D eigenvalue weighted by Gasteiger charge is 2.37. The fraction of sp³-hybridized carbons (Fsp3) is 0.355. The predicted molar refractivity (Wildman–Crippen MR) is 163 cm³/mol. The Kier molecular flexibility index (Phi) is 11.0. The number of anilines is 1. The summed E-state index contributed by atoms with van der Waals surface area (Å²) in [5, 5.41) is 2.23. The van der Waals surface area contributed by atoms with E-state index in [0.717, 1.165) is 12.1 Å². The Hall–Kier alpha value is -3.77. The van der Waals surface area contributed by atoms with Gasteiger partial charge < -0.3 is 15.0 Å². The third-order valence-corrected chi connectivity index (χ3v) is 8.67. The molecule has 3 rings (SSSR count). The summed E-state index contributed by atoms with van der Waals surface area (Å²) >= 11 is 5.82. The maximum Gasteiger partial charge on any atom is 0.417 e. The average molecular weight is 654 g/mol. The summed E-state index contributed by atoms with van der Waals surface area (Å²) in [5.74, 6) is -0.711. The number of nitrogens with one attached hydrogen (secondary N) is 1. The van der Waals surface area contributed by atoms with Crippen molar-refractivity contribution in [1.82, 2.24) is 10.2 Å². The number of nitrogens with zero attached hydrogens (tertiary/aromatic N) is 2. The first-order valence-corrected chi connectivity index (χ1v) is 15.5. The number of carbonyl (C=O) groups is 2. The molecule has 3 aromatic carbocycles. The monoisotopic (exact) mass is 653 g/mol. The first-order valence-electron chi connectivity index (χ1n) is 13.7. The Bertz CT molecular complexity index is 1560. The van der Waals surface area contributed by atoms with E-state index in [0.29, 0.717) is 21.7 Å². The highest BCUT2D eigenvalue weighted by atomic mass is 35.5. The van der Waals surface area contributed by atoms with Crippen molar-refractivity contribution < 1.29 is 35.9 Å². The summed E-state index contributed by atoms with van der Waals surface area (Å²) in [4.78, 5) is 28.5. The lowest BCUT2D eigenvalue weighted by atomic mass is 10.1. The van der Waals surface area contributed by atoms with Gasteiger partial charge in [-0.2, -0.15) is 13.2 Å². The molecule has 2 amide bonds. The van der Waals surface area contributed by atoms with E-state index in [-0.39, 0.29) is 17.9 Å². The fourth-order valence-corrected chi connectivity index (χ4v) is 6.09. The summed E-state index contributed by atoms with van der Waals surface area (Å²) in [6.45, 7) is 6.05. The van der Waals surface area contributed by atoms with Crippen molar-refractivity contribution in [2.45, 2.75) is 63.3 Å². The Morgan fingerprint density at radius 3 is 2.11 bits per heavy atom. The summed E-state index contributed by atoms with van der Waals surface area (Å²) in [6, 6.07) is 15.4. The van der Waals surface area contributed by atoms with Crippen molar-refractivity contribution in [1.29, 1.82) is 0 Å². The lowest BCUT2D eigenvalue weighted by Crippen LogP contribution is -2.55. The van der Waals surface area contributed by atoms with Crippen molar-refractivity contribution in [3.8, 4) is 5.75 Å². The molecule has 3 aromatic rings. The van der Waals surface area contributed by atoms with Gasteiger partial charge in [0.05, 0.1) is 28.3 Å². The third kappa shape index (κ3) is 8.66. The maximum atomic E-state index is 14.1. The van der Waals surface area contributed by atoms with E-state index in [1.165, 1.54) is 36.3 Å². The van der Waals surface area contributed by atoms with Gasteiger partial charge in [0.25, 0.3) is 10.0 Å². The van der Waals surface area contributed by atoms with Crippen LogP contribution in [-0.2, 0) is 32.3 Å². The van der Waals surface area contributed by atoms with E-state index >= 15 is 0 Å². The van der Waals surface area contributed by atoms with Crippen LogP contribution in [-0.4, -0.2) is 50.4 Å². The standard InChI is InChI=1S/C31H35ClF3N3O5S/c1-6-27(29(40)36-30(2,3)4)37(19-21-12-15-23(43-5)16-13-21)28(39)20-38(44(41,42)24-10-8-7-9-11-24)22-14-17-26(32)25(18-22)31(33,34)35/h7-18,27H,6,19-20H2,1-5H3,(H,36,40)/t27-/m1/s1. The smallest absolute Gasteiger partial charge is 0.417 e. The first kappa shape index (κ1) is 34.7. The molecule has 0 aliphatic carbocycles. The number of carbonyl (C=O) groups excluding carboxylic acids is 2. The molecule has 0 saturated heterocycles. The molecule has 0 aromatic heterocycles. The van der Waals surface area contributed by atoms with Crippen molar-refractivity contribution in [3.63, 3.8) is 0 Å². The topological polar surface area (TPSA) is 96.0 Å². The first-order chi connectivity index (χ1) is 20.5. The van der Waals surface area contributed by atoms with Gasteiger partial charge in [0, 0.05) is 12.1 Å². The third-order valence-electron chi connectivity index (χ3n) is 6.55. The molecule has 8 nitrogen and oxygen atoms in total. The molecule has 1 N–H and O–H groups in total. The molecule has 0 unspecified atom stereocenters. The molecule has 0 spiro atoms. The molecule has 0 heterocycles. The van der Waals surface area contributed by atoms with Gasteiger partial charge in [-0.15, -0.1) is 0 Å². The minimum absolute atomic E-state index is 0.0907. The lowest BCUT2D eigenvalue weighted by Gasteiger charge is -2.35. The van der Waals surface area contributed by atoms with Gasteiger partial charge in [-0.3, -0.25) is 13.9 Å². The van der Waals surface area contributed by atoms with Crippen LogP contribution < -0.4 is 14.4 Å². The molecule has 0 aliphatic heterocycles. The fourth-order valence-electron chi connectivity index (χ4n) is 4.43. The van der Waals surface area contributed by atoms with E-state index in [4.69, 9.17) is 16.3 Å². The van der Waals surface area contributed by atoms with E-state index in [1.807, 2.05) is 0 Å². The lowest BCUT2D eigenvalue weighted by molar-refractivity contribution is -0.141. The quantitative estimate of drug-likeness (QED) is 0.263. The number of halogens is 4. The van der Waals surface area contributed by atoms with Crippen molar-refractivity contribution >= 4 is 39.1 Å². The van der Waals surface area contributed by atoms with Crippen LogP contribution in [0.5, 0.6) is 5.75 Å². The number of sulfonamides is 1. The zero-order valence-electron chi connectivity index (χ0n) is 25.0. The number of benzene rings is 3. The normalized spacial score (nSPS) is 12.8. The number of rotatable bonds is 11. The zero-order chi connectivity index (χ0) is 32.9. The van der Waals surface area contributed by atoms with Crippen molar-refractivity contribution in [2.75, 3.05) is 18.0 Å². The van der Waals surface area contributed by atoms with Crippen LogP contribution in [0.25, 0.3) is 0 Å². The van der Waals surface area contributed by atoms with Crippen LogP contribution in [0.4, 0.5) is 18.9 Å². The Labute approximate surface area is 260 Å². The van der Waals surface area contributed by atoms with Crippen LogP contribution >= 0.6 is 11.6 Å². The minimum Gasteiger partial charge on any atom is -0.497 e. The van der Waals surface area contributed by atoms with Gasteiger partial charge in [0.15, 0.2) is 0 Å². The van der Waals surface area contributed by atoms with E-state index < -0.39 is 62.4 Å². The summed E-state index contributed by atoms with van der Waals surface area (Å²) in [5.41, 5.74) is -1.71. The van der Waals surface area contributed by atoms with Gasteiger partial charge in [0.1, 0.15) is 18.3 Å². The van der Waals surface area contributed by atoms with Crippen LogP contribution in [0.3, 0.4) is 0 Å². The van der Waals surface area contributed by atoms with Crippen molar-refractivity contribution in [2.24, 2.45) is 0 Å². The highest BCUT2D eigenvalue weighted by Crippen LogP contribution is 2.38. The minimum atomic E-state index is -4.89. The van der Waals surface area contributed by atoms with Crippen LogP contribution in [0.2, 0.25) is 5.02 Å². The van der Waals surface area contributed by atoms with E-state index in [9.17, 15) is 31.2 Å². The highest BCUT2D eigenvalue weighted by molar-refractivity contribution is 7.92. The Morgan fingerprint density at radius 2 is 1.59 bits per heavy atom. The number of ether oxygens (including phenoxy) is 1. The predicted octanol–water partition coefficient (Wildman–Crippen LogP) is 6.28. The number of alkyl halides is 3. The molecule has 13 heteroatoms. The van der Waals surface area contributed by atoms with Crippen molar-refractivity contribution in [3.05, 3.63) is 88.9 Å². The maximum absolute atomic E-state index is 14.1. The average Bonchev–Trinajstić information content (AvgIpc) is 2.95. The van der Waals surface area contributed by atoms with Gasteiger partial charge in [-0.25, -0.2) is 8.42 Å². The largest absolute Gasteiger partial charge is 0.497 e. The summed E-state index contributed by atoms with van der Waals surface area (Å²) < 4.78 is 74.9. The molecule has 238 valence electrons. The molecular weight excluding hydrogens is 619 g/mol. The molecule has 0 radical (unpaired) electrons. The molecule has 44 heavy (non-hydrogen) atoms. The molecule has 0 fully saturated rings. The second-order valence-electron chi connectivity index (χ2n) is 11.0. The second-order valence-corrected chi connectivity index (χ2v) is 13.3. The van der Waals surface area contributed by atoms with Gasteiger partial charge in [0.2, 0.25) is 11.8 Å². The summed E-state index contributed by atoms with van der Waals surface area (Å²) in [6.07, 6.45) is -4.72. The van der Waals surface area contributed by atoms with Gasteiger partial charge in [-0.1, -0.05) is 48.9 Å². The summed E-state index contributed by atoms with van der Waals surface area (Å²) in [7, 11) is -3.07. The number of methoxy groups -OCH3 is 1.